The molecule has 0 atom stereocenters. The lowest BCUT2D eigenvalue weighted by Gasteiger charge is -2.12. The number of nitrogens with zero attached hydrogens (tertiary/aromatic N) is 1. The van der Waals surface area contributed by atoms with Crippen molar-refractivity contribution >= 4 is 34.9 Å². The number of fused-ring (bicyclic) bond motifs is 1. The van der Waals surface area contributed by atoms with Crippen molar-refractivity contribution in [2.75, 3.05) is 19.9 Å². The standard InChI is InChI=1S/C19H22N2O5S/c1-2-3-4-5-17(22)20-8-9-21-18(23)16(27-19(21)24)11-13-6-7-14-15(10-13)26-12-25-14/h6-7,10-11H,2-5,8-9,12H2,1H3,(H,20,22)/b16-11+. The third-order valence-electron chi connectivity index (χ3n) is 4.23. The molecule has 0 bridgehead atoms. The van der Waals surface area contributed by atoms with Gasteiger partial charge >= 0.3 is 0 Å². The molecule has 0 aliphatic carbocycles. The second-order valence-corrected chi connectivity index (χ2v) is 7.25. The molecule has 2 aliphatic heterocycles. The first-order chi connectivity index (χ1) is 13.1. The highest BCUT2D eigenvalue weighted by Crippen LogP contribution is 2.36. The number of nitrogens with one attached hydrogen (secondary N) is 1. The number of carbonyl (C=O) groups is 3. The van der Waals surface area contributed by atoms with Gasteiger partial charge in [0.05, 0.1) is 4.91 Å². The number of hydrogen-bond acceptors (Lipinski definition) is 6. The summed E-state index contributed by atoms with van der Waals surface area (Å²) in [6, 6.07) is 5.34. The van der Waals surface area contributed by atoms with Gasteiger partial charge in [-0.05, 0) is 42.0 Å². The maximum absolute atomic E-state index is 12.5. The van der Waals surface area contributed by atoms with Gasteiger partial charge in [-0.15, -0.1) is 0 Å². The SMILES string of the molecule is CCCCCC(=O)NCCN1C(=O)S/C(=C/c2ccc3c(c2)OCO3)C1=O. The van der Waals surface area contributed by atoms with Gasteiger partial charge in [-0.2, -0.15) is 0 Å². The zero-order valence-corrected chi connectivity index (χ0v) is 16.0. The predicted molar refractivity (Wildman–Crippen MR) is 102 cm³/mol. The molecule has 1 aromatic carbocycles. The molecular weight excluding hydrogens is 368 g/mol. The number of carbonyl (C=O) groups excluding carboxylic acids is 3. The van der Waals surface area contributed by atoms with Crippen LogP contribution in [0.5, 0.6) is 11.5 Å². The molecule has 0 radical (unpaired) electrons. The maximum atomic E-state index is 12.5. The smallest absolute Gasteiger partial charge is 0.293 e. The lowest BCUT2D eigenvalue weighted by Crippen LogP contribution is -2.37. The zero-order chi connectivity index (χ0) is 19.2. The van der Waals surface area contributed by atoms with E-state index in [9.17, 15) is 14.4 Å². The fourth-order valence-electron chi connectivity index (χ4n) is 2.78. The van der Waals surface area contributed by atoms with Crippen molar-refractivity contribution in [1.29, 1.82) is 0 Å². The Morgan fingerprint density at radius 1 is 1.26 bits per heavy atom. The molecule has 27 heavy (non-hydrogen) atoms. The third-order valence-corrected chi connectivity index (χ3v) is 5.14. The quantitative estimate of drug-likeness (QED) is 0.542. The van der Waals surface area contributed by atoms with E-state index in [-0.39, 0.29) is 36.9 Å². The van der Waals surface area contributed by atoms with Crippen LogP contribution in [-0.2, 0) is 9.59 Å². The highest BCUT2D eigenvalue weighted by molar-refractivity contribution is 8.18. The number of ether oxygens (including phenoxy) is 2. The molecule has 7 nitrogen and oxygen atoms in total. The molecule has 0 spiro atoms. The summed E-state index contributed by atoms with van der Waals surface area (Å²) in [4.78, 5) is 37.8. The maximum Gasteiger partial charge on any atom is 0.293 e. The van der Waals surface area contributed by atoms with Crippen LogP contribution in [0.1, 0.15) is 38.2 Å². The Morgan fingerprint density at radius 2 is 2.07 bits per heavy atom. The van der Waals surface area contributed by atoms with Gasteiger partial charge in [0.1, 0.15) is 0 Å². The van der Waals surface area contributed by atoms with Crippen molar-refractivity contribution < 1.29 is 23.9 Å². The lowest BCUT2D eigenvalue weighted by molar-refractivity contribution is -0.124. The summed E-state index contributed by atoms with van der Waals surface area (Å²) in [5, 5.41) is 2.43. The van der Waals surface area contributed by atoms with E-state index in [1.165, 1.54) is 0 Å². The van der Waals surface area contributed by atoms with Gasteiger partial charge in [-0.25, -0.2) is 0 Å². The third kappa shape index (κ3) is 4.82. The van der Waals surface area contributed by atoms with Gasteiger partial charge in [-0.1, -0.05) is 25.8 Å². The Balaban J connectivity index is 1.54. The number of imide groups is 1. The largest absolute Gasteiger partial charge is 0.454 e. The summed E-state index contributed by atoms with van der Waals surface area (Å²) in [6.07, 6.45) is 5.05. The lowest BCUT2D eigenvalue weighted by atomic mass is 10.2. The molecule has 8 heteroatoms. The van der Waals surface area contributed by atoms with Crippen LogP contribution in [0.4, 0.5) is 4.79 Å². The summed E-state index contributed by atoms with van der Waals surface area (Å²) < 4.78 is 10.6. The van der Waals surface area contributed by atoms with E-state index in [1.54, 1.807) is 24.3 Å². The minimum absolute atomic E-state index is 0.0497. The molecule has 2 heterocycles. The molecule has 1 saturated heterocycles. The molecular formula is C19H22N2O5S. The van der Waals surface area contributed by atoms with E-state index in [0.717, 1.165) is 41.5 Å². The number of amides is 3. The molecule has 0 saturated carbocycles. The van der Waals surface area contributed by atoms with Crippen molar-refractivity contribution in [2.45, 2.75) is 32.6 Å². The van der Waals surface area contributed by atoms with Crippen molar-refractivity contribution in [3.8, 4) is 11.5 Å². The van der Waals surface area contributed by atoms with Gasteiger partial charge < -0.3 is 14.8 Å². The fraction of sp³-hybridized carbons (Fsp3) is 0.421. The van der Waals surface area contributed by atoms with E-state index >= 15 is 0 Å². The molecule has 0 aromatic heterocycles. The van der Waals surface area contributed by atoms with E-state index < -0.39 is 0 Å². The first-order valence-electron chi connectivity index (χ1n) is 9.00. The van der Waals surface area contributed by atoms with Gasteiger partial charge in [0, 0.05) is 19.5 Å². The number of rotatable bonds is 8. The van der Waals surface area contributed by atoms with Crippen molar-refractivity contribution in [3.05, 3.63) is 28.7 Å². The molecule has 1 aromatic rings. The summed E-state index contributed by atoms with van der Waals surface area (Å²) in [6.45, 7) is 2.69. The summed E-state index contributed by atoms with van der Waals surface area (Å²) in [7, 11) is 0. The van der Waals surface area contributed by atoms with Crippen LogP contribution in [0, 0.1) is 0 Å². The van der Waals surface area contributed by atoms with Crippen molar-refractivity contribution in [2.24, 2.45) is 0 Å². The Morgan fingerprint density at radius 3 is 2.89 bits per heavy atom. The normalized spacial score (nSPS) is 17.1. The molecule has 1 N–H and O–H groups in total. The van der Waals surface area contributed by atoms with E-state index in [1.807, 2.05) is 0 Å². The van der Waals surface area contributed by atoms with Crippen LogP contribution < -0.4 is 14.8 Å². The summed E-state index contributed by atoms with van der Waals surface area (Å²) >= 11 is 0.899. The van der Waals surface area contributed by atoms with E-state index in [0.29, 0.717) is 22.8 Å². The highest BCUT2D eigenvalue weighted by Gasteiger charge is 2.34. The molecule has 3 rings (SSSR count). The van der Waals surface area contributed by atoms with Gasteiger partial charge in [0.25, 0.3) is 11.1 Å². The topological polar surface area (TPSA) is 84.9 Å². The minimum atomic E-state index is -0.345. The van der Waals surface area contributed by atoms with Crippen LogP contribution in [-0.4, -0.2) is 41.8 Å². The Hall–Kier alpha value is -2.48. The Kier molecular flexibility index (Phi) is 6.39. The van der Waals surface area contributed by atoms with E-state index in [2.05, 4.69) is 12.2 Å². The van der Waals surface area contributed by atoms with Crippen LogP contribution >= 0.6 is 11.8 Å². The number of hydrogen-bond donors (Lipinski definition) is 1. The molecule has 0 unspecified atom stereocenters. The molecule has 3 amide bonds. The first-order valence-corrected chi connectivity index (χ1v) is 9.82. The molecule has 144 valence electrons. The van der Waals surface area contributed by atoms with Crippen LogP contribution in [0.25, 0.3) is 6.08 Å². The average Bonchev–Trinajstić information content (AvgIpc) is 3.21. The van der Waals surface area contributed by atoms with Gasteiger partial charge in [0.15, 0.2) is 11.5 Å². The van der Waals surface area contributed by atoms with Gasteiger partial charge in [-0.3, -0.25) is 19.3 Å². The molecule has 2 aliphatic rings. The van der Waals surface area contributed by atoms with E-state index in [4.69, 9.17) is 9.47 Å². The average molecular weight is 390 g/mol. The fourth-order valence-corrected chi connectivity index (χ4v) is 3.64. The van der Waals surface area contributed by atoms with Crippen molar-refractivity contribution in [3.63, 3.8) is 0 Å². The monoisotopic (exact) mass is 390 g/mol. The van der Waals surface area contributed by atoms with Crippen molar-refractivity contribution in [1.82, 2.24) is 10.2 Å². The number of thioether (sulfide) groups is 1. The minimum Gasteiger partial charge on any atom is -0.454 e. The van der Waals surface area contributed by atoms with Crippen LogP contribution in [0.3, 0.4) is 0 Å². The molecule has 1 fully saturated rings. The Bertz CT molecular complexity index is 777. The highest BCUT2D eigenvalue weighted by atomic mass is 32.2. The predicted octanol–water partition coefficient (Wildman–Crippen LogP) is 3.15. The van der Waals surface area contributed by atoms with Gasteiger partial charge in [0.2, 0.25) is 12.7 Å². The van der Waals surface area contributed by atoms with Crippen LogP contribution in [0.15, 0.2) is 23.1 Å². The summed E-state index contributed by atoms with van der Waals surface area (Å²) in [5.74, 6) is 0.887. The second kappa shape index (κ2) is 8.94. The zero-order valence-electron chi connectivity index (χ0n) is 15.2. The summed E-state index contributed by atoms with van der Waals surface area (Å²) in [5.41, 5.74) is 0.758. The number of unbranched alkanes of at least 4 members (excludes halogenated alkanes) is 2. The second-order valence-electron chi connectivity index (χ2n) is 6.25. The van der Waals surface area contributed by atoms with Crippen LogP contribution in [0.2, 0.25) is 0 Å². The first kappa shape index (κ1) is 19.3. The Labute approximate surface area is 162 Å². The number of benzene rings is 1.